The molecule has 0 amide bonds. The second-order valence-corrected chi connectivity index (χ2v) is 10.1. The zero-order chi connectivity index (χ0) is 21.4. The van der Waals surface area contributed by atoms with Gasteiger partial charge < -0.3 is 9.64 Å². The number of alkyl halides is 3. The summed E-state index contributed by atoms with van der Waals surface area (Å²) in [6.07, 6.45) is -4.42. The topological polar surface area (TPSA) is 58.6 Å². The van der Waals surface area contributed by atoms with Crippen molar-refractivity contribution in [3.05, 3.63) is 50.9 Å². The molecule has 1 saturated heterocycles. The largest absolute Gasteiger partial charge is 0.488 e. The molecule has 1 unspecified atom stereocenters. The van der Waals surface area contributed by atoms with Gasteiger partial charge in [-0.1, -0.05) is 0 Å². The van der Waals surface area contributed by atoms with Crippen molar-refractivity contribution in [2.45, 2.75) is 23.6 Å². The Balaban J connectivity index is 1.91. The first-order valence-corrected chi connectivity index (χ1v) is 11.6. The van der Waals surface area contributed by atoms with Gasteiger partial charge >= 0.3 is 6.18 Å². The Labute approximate surface area is 183 Å². The molecule has 0 bridgehead atoms. The molecule has 0 radical (unpaired) electrons. The van der Waals surface area contributed by atoms with E-state index < -0.39 is 33.6 Å². The van der Waals surface area contributed by atoms with Crippen LogP contribution in [0.4, 0.5) is 18.9 Å². The van der Waals surface area contributed by atoms with Crippen LogP contribution in [0.1, 0.15) is 12.0 Å². The third kappa shape index (κ3) is 5.44. The van der Waals surface area contributed by atoms with Crippen molar-refractivity contribution >= 4 is 47.6 Å². The summed E-state index contributed by atoms with van der Waals surface area (Å²) in [5.74, 6) is -0.394. The van der Waals surface area contributed by atoms with Crippen molar-refractivity contribution < 1.29 is 26.3 Å². The Bertz CT molecular complexity index is 1020. The predicted octanol–water partition coefficient (Wildman–Crippen LogP) is 5.11. The molecule has 3 rings (SSSR count). The van der Waals surface area contributed by atoms with Crippen LogP contribution in [-0.2, 0) is 16.2 Å². The van der Waals surface area contributed by atoms with Gasteiger partial charge in [-0.05, 0) is 75.7 Å². The fraction of sp³-hybridized carbons (Fsp3) is 0.333. The van der Waals surface area contributed by atoms with Crippen molar-refractivity contribution in [2.24, 2.45) is 0 Å². The van der Waals surface area contributed by atoms with Crippen LogP contribution >= 0.6 is 31.9 Å². The zero-order valence-corrected chi connectivity index (χ0v) is 19.1. The van der Waals surface area contributed by atoms with Crippen LogP contribution in [0.25, 0.3) is 0 Å². The smallest absolute Gasteiger partial charge is 0.419 e. The van der Waals surface area contributed by atoms with Gasteiger partial charge in [0.15, 0.2) is 0 Å². The van der Waals surface area contributed by atoms with Crippen molar-refractivity contribution in [1.29, 1.82) is 0 Å². The Morgan fingerprint density at radius 3 is 2.45 bits per heavy atom. The van der Waals surface area contributed by atoms with E-state index in [1.807, 2.05) is 11.9 Å². The summed E-state index contributed by atoms with van der Waals surface area (Å²) in [5.41, 5.74) is -0.959. The molecule has 1 N–H and O–H groups in total. The van der Waals surface area contributed by atoms with E-state index in [1.54, 1.807) is 6.07 Å². The van der Waals surface area contributed by atoms with Crippen LogP contribution in [0.3, 0.4) is 0 Å². The van der Waals surface area contributed by atoms with Crippen LogP contribution in [0.5, 0.6) is 5.75 Å². The molecule has 158 valence electrons. The fourth-order valence-corrected chi connectivity index (χ4v) is 4.80. The standard InChI is InChI=1S/C18H17Br2F3N2O3S/c1-25-7-6-12(10-25)28-17-8-11(2-4-14(17)18(21,22)23)24-29(26,27)13-3-5-15(19)16(20)9-13/h2-5,8-9,12,24H,6-7,10H2,1H3. The van der Waals surface area contributed by atoms with Gasteiger partial charge in [0.1, 0.15) is 11.9 Å². The molecule has 1 aliphatic rings. The first kappa shape index (κ1) is 22.4. The molecule has 2 aromatic rings. The third-order valence-electron chi connectivity index (χ3n) is 4.38. The number of rotatable bonds is 5. The molecule has 0 spiro atoms. The number of hydrogen-bond acceptors (Lipinski definition) is 4. The van der Waals surface area contributed by atoms with E-state index in [0.29, 0.717) is 21.9 Å². The van der Waals surface area contributed by atoms with Crippen LogP contribution in [0.15, 0.2) is 50.2 Å². The highest BCUT2D eigenvalue weighted by Gasteiger charge is 2.36. The normalized spacial score (nSPS) is 18.1. The maximum absolute atomic E-state index is 13.4. The lowest BCUT2D eigenvalue weighted by atomic mass is 10.1. The number of likely N-dealkylation sites (N-methyl/N-ethyl adjacent to an activating group) is 1. The van der Waals surface area contributed by atoms with Crippen molar-refractivity contribution in [2.75, 3.05) is 24.9 Å². The molecular weight excluding hydrogens is 541 g/mol. The molecule has 29 heavy (non-hydrogen) atoms. The summed E-state index contributed by atoms with van der Waals surface area (Å²) in [6.45, 7) is 1.22. The zero-order valence-electron chi connectivity index (χ0n) is 15.1. The minimum absolute atomic E-state index is 0.0154. The number of hydrogen-bond donors (Lipinski definition) is 1. The Hall–Kier alpha value is -1.30. The second-order valence-electron chi connectivity index (χ2n) is 6.68. The second kappa shape index (κ2) is 8.44. The average molecular weight is 558 g/mol. The predicted molar refractivity (Wildman–Crippen MR) is 111 cm³/mol. The number of nitrogens with one attached hydrogen (secondary N) is 1. The van der Waals surface area contributed by atoms with Gasteiger partial charge in [-0.25, -0.2) is 8.42 Å². The van der Waals surface area contributed by atoms with Crippen LogP contribution < -0.4 is 9.46 Å². The lowest BCUT2D eigenvalue weighted by Crippen LogP contribution is -2.23. The molecule has 0 aromatic heterocycles. The highest BCUT2D eigenvalue weighted by Crippen LogP contribution is 2.39. The van der Waals surface area contributed by atoms with Gasteiger partial charge in [0.25, 0.3) is 10.0 Å². The average Bonchev–Trinajstić information content (AvgIpc) is 3.01. The minimum Gasteiger partial charge on any atom is -0.488 e. The first-order valence-electron chi connectivity index (χ1n) is 8.50. The Morgan fingerprint density at radius 1 is 1.14 bits per heavy atom. The molecule has 1 heterocycles. The number of halogens is 5. The van der Waals surface area contributed by atoms with Crippen molar-refractivity contribution in [3.8, 4) is 5.75 Å². The molecule has 0 saturated carbocycles. The van der Waals surface area contributed by atoms with Crippen LogP contribution in [0.2, 0.25) is 0 Å². The quantitative estimate of drug-likeness (QED) is 0.555. The summed E-state index contributed by atoms with van der Waals surface area (Å²) in [6, 6.07) is 7.30. The van der Waals surface area contributed by atoms with E-state index in [4.69, 9.17) is 4.74 Å². The summed E-state index contributed by atoms with van der Waals surface area (Å²) < 4.78 is 74.5. The van der Waals surface area contributed by atoms with Crippen LogP contribution in [-0.4, -0.2) is 39.6 Å². The molecule has 0 aliphatic carbocycles. The van der Waals surface area contributed by atoms with Gasteiger partial charge in [-0.2, -0.15) is 13.2 Å². The summed E-state index contributed by atoms with van der Waals surface area (Å²) in [4.78, 5) is 1.92. The van der Waals surface area contributed by atoms with E-state index in [-0.39, 0.29) is 10.6 Å². The maximum Gasteiger partial charge on any atom is 0.419 e. The minimum atomic E-state index is -4.62. The third-order valence-corrected chi connectivity index (χ3v) is 7.64. The van der Waals surface area contributed by atoms with E-state index >= 15 is 0 Å². The van der Waals surface area contributed by atoms with E-state index in [0.717, 1.165) is 24.7 Å². The monoisotopic (exact) mass is 556 g/mol. The van der Waals surface area contributed by atoms with Crippen LogP contribution in [0, 0.1) is 0 Å². The highest BCUT2D eigenvalue weighted by molar-refractivity contribution is 9.13. The number of anilines is 1. The van der Waals surface area contributed by atoms with Gasteiger partial charge in [0.05, 0.1) is 16.1 Å². The Kier molecular flexibility index (Phi) is 6.52. The van der Waals surface area contributed by atoms with Crippen molar-refractivity contribution in [3.63, 3.8) is 0 Å². The number of nitrogens with zero attached hydrogens (tertiary/aromatic N) is 1. The summed E-state index contributed by atoms with van der Waals surface area (Å²) >= 11 is 6.49. The molecule has 5 nitrogen and oxygen atoms in total. The Morgan fingerprint density at radius 2 is 1.86 bits per heavy atom. The molecule has 11 heteroatoms. The first-order chi connectivity index (χ1) is 13.5. The maximum atomic E-state index is 13.4. The van der Waals surface area contributed by atoms with E-state index in [9.17, 15) is 21.6 Å². The number of ether oxygens (including phenoxy) is 1. The molecular formula is C18H17Br2F3N2O3S. The van der Waals surface area contributed by atoms with Crippen molar-refractivity contribution in [1.82, 2.24) is 4.90 Å². The fourth-order valence-electron chi connectivity index (χ4n) is 2.95. The SMILES string of the molecule is CN1CCC(Oc2cc(NS(=O)(=O)c3ccc(Br)c(Br)c3)ccc2C(F)(F)F)C1. The van der Waals surface area contributed by atoms with Gasteiger partial charge in [0.2, 0.25) is 0 Å². The van der Waals surface area contributed by atoms with E-state index in [1.165, 1.54) is 12.1 Å². The molecule has 1 aliphatic heterocycles. The number of sulfonamides is 1. The van der Waals surface area contributed by atoms with Gasteiger partial charge in [-0.15, -0.1) is 0 Å². The van der Waals surface area contributed by atoms with Gasteiger partial charge in [-0.3, -0.25) is 4.72 Å². The molecule has 1 atom stereocenters. The van der Waals surface area contributed by atoms with Gasteiger partial charge in [0, 0.05) is 28.1 Å². The summed E-state index contributed by atoms with van der Waals surface area (Å²) in [7, 11) is -2.14. The number of likely N-dealkylation sites (tertiary alicyclic amines) is 1. The highest BCUT2D eigenvalue weighted by atomic mass is 79.9. The lowest BCUT2D eigenvalue weighted by Gasteiger charge is -2.19. The lowest BCUT2D eigenvalue weighted by molar-refractivity contribution is -0.139. The summed E-state index contributed by atoms with van der Waals surface area (Å²) in [5, 5.41) is 0. The van der Waals surface area contributed by atoms with E-state index in [2.05, 4.69) is 36.6 Å². The molecule has 1 fully saturated rings. The number of benzene rings is 2. The molecule has 2 aromatic carbocycles.